The van der Waals surface area contributed by atoms with E-state index in [-0.39, 0.29) is 11.3 Å². The number of hydrogen-bond acceptors (Lipinski definition) is 4. The third-order valence-corrected chi connectivity index (χ3v) is 2.32. The maximum Gasteiger partial charge on any atom is 0.335 e. The van der Waals surface area contributed by atoms with Gasteiger partial charge in [-0.1, -0.05) is 0 Å². The molecule has 0 aromatic heterocycles. The molecule has 1 aromatic rings. The van der Waals surface area contributed by atoms with Crippen molar-refractivity contribution in [3.63, 3.8) is 0 Å². The number of aromatic carboxylic acids is 1. The molecule has 3 amide bonds. The maximum atomic E-state index is 13.6. The van der Waals surface area contributed by atoms with Crippen molar-refractivity contribution in [2.45, 2.75) is 13.0 Å². The van der Waals surface area contributed by atoms with Crippen molar-refractivity contribution in [2.75, 3.05) is 7.05 Å². The average Bonchev–Trinajstić information content (AvgIpc) is 2.40. The minimum Gasteiger partial charge on any atom is -0.478 e. The van der Waals surface area contributed by atoms with Crippen LogP contribution in [0.1, 0.15) is 17.3 Å². The van der Waals surface area contributed by atoms with Crippen molar-refractivity contribution in [3.8, 4) is 5.75 Å². The Kier molecular flexibility index (Phi) is 5.01. The summed E-state index contributed by atoms with van der Waals surface area (Å²) >= 11 is 0. The van der Waals surface area contributed by atoms with Gasteiger partial charge < -0.3 is 15.2 Å². The number of urea groups is 1. The fourth-order valence-electron chi connectivity index (χ4n) is 1.25. The van der Waals surface area contributed by atoms with Gasteiger partial charge in [-0.3, -0.25) is 10.1 Å². The zero-order valence-electron chi connectivity index (χ0n) is 10.8. The zero-order valence-corrected chi connectivity index (χ0v) is 10.8. The molecule has 1 rings (SSSR count). The first-order chi connectivity index (χ1) is 9.35. The Bertz CT molecular complexity index is 547. The van der Waals surface area contributed by atoms with Crippen LogP contribution < -0.4 is 15.4 Å². The Morgan fingerprint density at radius 2 is 2.00 bits per heavy atom. The number of carbonyl (C=O) groups excluding carboxylic acids is 2. The summed E-state index contributed by atoms with van der Waals surface area (Å²) < 4.78 is 18.6. The summed E-state index contributed by atoms with van der Waals surface area (Å²) in [6, 6.07) is 2.31. The Hall–Kier alpha value is -2.64. The van der Waals surface area contributed by atoms with E-state index >= 15 is 0 Å². The second kappa shape index (κ2) is 6.50. The van der Waals surface area contributed by atoms with Crippen LogP contribution in [0.3, 0.4) is 0 Å². The van der Waals surface area contributed by atoms with Crippen molar-refractivity contribution in [2.24, 2.45) is 0 Å². The number of imide groups is 1. The van der Waals surface area contributed by atoms with Crippen molar-refractivity contribution >= 4 is 17.9 Å². The van der Waals surface area contributed by atoms with E-state index in [4.69, 9.17) is 9.84 Å². The van der Waals surface area contributed by atoms with E-state index in [2.05, 4.69) is 5.32 Å². The van der Waals surface area contributed by atoms with E-state index in [0.29, 0.717) is 0 Å². The number of carboxylic acid groups (broad SMARTS) is 1. The van der Waals surface area contributed by atoms with Crippen LogP contribution in [0.4, 0.5) is 9.18 Å². The van der Waals surface area contributed by atoms with Gasteiger partial charge in [0.25, 0.3) is 5.91 Å². The monoisotopic (exact) mass is 284 g/mol. The molecule has 0 bridgehead atoms. The number of ether oxygens (including phenoxy) is 1. The highest BCUT2D eigenvalue weighted by atomic mass is 19.1. The Morgan fingerprint density at radius 3 is 2.50 bits per heavy atom. The topological polar surface area (TPSA) is 105 Å². The van der Waals surface area contributed by atoms with Crippen LogP contribution in [0.25, 0.3) is 0 Å². The molecule has 1 atom stereocenters. The van der Waals surface area contributed by atoms with Crippen LogP contribution in [0.15, 0.2) is 18.2 Å². The first-order valence-electron chi connectivity index (χ1n) is 5.57. The van der Waals surface area contributed by atoms with Crippen molar-refractivity contribution in [3.05, 3.63) is 29.6 Å². The second-order valence-corrected chi connectivity index (χ2v) is 3.78. The molecule has 3 N–H and O–H groups in total. The molecule has 1 unspecified atom stereocenters. The number of carbonyl (C=O) groups is 3. The van der Waals surface area contributed by atoms with Gasteiger partial charge in [-0.2, -0.15) is 0 Å². The van der Waals surface area contributed by atoms with Gasteiger partial charge in [0.1, 0.15) is 0 Å². The molecular formula is C12H13FN2O5. The minimum atomic E-state index is -1.28. The number of halogens is 1. The third kappa shape index (κ3) is 3.94. The highest BCUT2D eigenvalue weighted by molar-refractivity contribution is 5.96. The highest BCUT2D eigenvalue weighted by Gasteiger charge is 2.19. The molecule has 1 aromatic carbocycles. The molecule has 0 saturated heterocycles. The lowest BCUT2D eigenvalue weighted by Gasteiger charge is -2.14. The van der Waals surface area contributed by atoms with Gasteiger partial charge in [-0.05, 0) is 25.1 Å². The Morgan fingerprint density at radius 1 is 1.35 bits per heavy atom. The van der Waals surface area contributed by atoms with E-state index in [1.54, 1.807) is 0 Å². The summed E-state index contributed by atoms with van der Waals surface area (Å²) in [5.41, 5.74) is -0.239. The number of rotatable bonds is 4. The van der Waals surface area contributed by atoms with Gasteiger partial charge in [-0.25, -0.2) is 14.0 Å². The van der Waals surface area contributed by atoms with E-state index < -0.39 is 29.8 Å². The zero-order chi connectivity index (χ0) is 15.3. The average molecular weight is 284 g/mol. The van der Waals surface area contributed by atoms with Crippen molar-refractivity contribution in [1.82, 2.24) is 10.6 Å². The summed E-state index contributed by atoms with van der Waals surface area (Å²) in [6.45, 7) is 1.32. The van der Waals surface area contributed by atoms with Gasteiger partial charge in [-0.15, -0.1) is 0 Å². The number of hydrogen-bond donors (Lipinski definition) is 3. The molecule has 20 heavy (non-hydrogen) atoms. The van der Waals surface area contributed by atoms with Gasteiger partial charge in [0.05, 0.1) is 5.56 Å². The molecular weight excluding hydrogens is 271 g/mol. The number of benzene rings is 1. The largest absolute Gasteiger partial charge is 0.478 e. The Labute approximate surface area is 113 Å². The van der Waals surface area contributed by atoms with Gasteiger partial charge >= 0.3 is 12.0 Å². The molecule has 108 valence electrons. The summed E-state index contributed by atoms with van der Waals surface area (Å²) in [7, 11) is 1.33. The van der Waals surface area contributed by atoms with Crippen LogP contribution in [0, 0.1) is 5.82 Å². The molecule has 0 radical (unpaired) electrons. The molecule has 0 fully saturated rings. The summed E-state index contributed by atoms with van der Waals surface area (Å²) in [6.07, 6.45) is -1.13. The number of carboxylic acids is 1. The normalized spacial score (nSPS) is 11.3. The number of nitrogens with one attached hydrogen (secondary N) is 2. The first-order valence-corrected chi connectivity index (χ1v) is 5.57. The van der Waals surface area contributed by atoms with Crippen molar-refractivity contribution in [1.29, 1.82) is 0 Å². The molecule has 0 saturated carbocycles. The maximum absolute atomic E-state index is 13.6. The first kappa shape index (κ1) is 15.4. The SMILES string of the molecule is CNC(=O)NC(=O)C(C)Oc1ccc(C(=O)O)cc1F. The minimum absolute atomic E-state index is 0.239. The molecule has 0 heterocycles. The van der Waals surface area contributed by atoms with Gasteiger partial charge in [0, 0.05) is 7.05 Å². The molecule has 0 aliphatic heterocycles. The predicted octanol–water partition coefficient (Wildman–Crippen LogP) is 0.747. The van der Waals surface area contributed by atoms with E-state index in [1.807, 2.05) is 5.32 Å². The molecule has 8 heteroatoms. The van der Waals surface area contributed by atoms with Gasteiger partial charge in [0.15, 0.2) is 17.7 Å². The van der Waals surface area contributed by atoms with E-state index in [0.717, 1.165) is 18.2 Å². The lowest BCUT2D eigenvalue weighted by atomic mass is 10.2. The lowest BCUT2D eigenvalue weighted by Crippen LogP contribution is -2.44. The standard InChI is InChI=1S/C12H13FN2O5/c1-6(10(16)15-12(19)14-2)20-9-4-3-7(11(17)18)5-8(9)13/h3-6H,1-2H3,(H,17,18)(H2,14,15,16,19). The summed E-state index contributed by atoms with van der Waals surface area (Å²) in [4.78, 5) is 33.1. The second-order valence-electron chi connectivity index (χ2n) is 3.78. The molecule has 7 nitrogen and oxygen atoms in total. The van der Waals surface area contributed by atoms with E-state index in [1.165, 1.54) is 14.0 Å². The smallest absolute Gasteiger partial charge is 0.335 e. The summed E-state index contributed by atoms with van der Waals surface area (Å²) in [5, 5.41) is 12.8. The molecule has 0 aliphatic carbocycles. The third-order valence-electron chi connectivity index (χ3n) is 2.32. The summed E-state index contributed by atoms with van der Waals surface area (Å²) in [5.74, 6) is -3.23. The van der Waals surface area contributed by atoms with Crippen LogP contribution in [-0.2, 0) is 4.79 Å². The van der Waals surface area contributed by atoms with Crippen LogP contribution in [-0.4, -0.2) is 36.2 Å². The lowest BCUT2D eigenvalue weighted by molar-refractivity contribution is -0.126. The quantitative estimate of drug-likeness (QED) is 0.756. The van der Waals surface area contributed by atoms with Gasteiger partial charge in [0.2, 0.25) is 0 Å². The highest BCUT2D eigenvalue weighted by Crippen LogP contribution is 2.19. The molecule has 0 aliphatic rings. The van der Waals surface area contributed by atoms with Crippen LogP contribution in [0.2, 0.25) is 0 Å². The van der Waals surface area contributed by atoms with Crippen LogP contribution >= 0.6 is 0 Å². The van der Waals surface area contributed by atoms with E-state index in [9.17, 15) is 18.8 Å². The van der Waals surface area contributed by atoms with Crippen molar-refractivity contribution < 1.29 is 28.6 Å². The molecule has 0 spiro atoms. The predicted molar refractivity (Wildman–Crippen MR) is 66.0 cm³/mol. The van der Waals surface area contributed by atoms with Crippen LogP contribution in [0.5, 0.6) is 5.75 Å². The fourth-order valence-corrected chi connectivity index (χ4v) is 1.25. The number of amides is 3. The Balaban J connectivity index is 2.75. The fraction of sp³-hybridized carbons (Fsp3) is 0.250.